The van der Waals surface area contributed by atoms with E-state index in [2.05, 4.69) is 53.7 Å². The number of hydrogen-bond donors (Lipinski definition) is 0. The molecule has 0 rings (SSSR count). The maximum atomic E-state index is 11.7. The summed E-state index contributed by atoms with van der Waals surface area (Å²) in [6, 6.07) is 0. The Bertz CT molecular complexity index is 537. The molecule has 0 spiro atoms. The quantitative estimate of drug-likeness (QED) is 0.0991. The van der Waals surface area contributed by atoms with Crippen LogP contribution >= 0.6 is 0 Å². The molecule has 200 valence electrons. The number of hydrogen-bond acceptors (Lipinski definition) is 4. The fourth-order valence-corrected chi connectivity index (χ4v) is 3.45. The second kappa shape index (κ2) is 19.9. The van der Waals surface area contributed by atoms with Gasteiger partial charge in [0.15, 0.2) is 0 Å². The summed E-state index contributed by atoms with van der Waals surface area (Å²) in [6.45, 7) is 13.5. The first-order valence-corrected chi connectivity index (χ1v) is 14.0. The van der Waals surface area contributed by atoms with Gasteiger partial charge in [0.2, 0.25) is 0 Å². The summed E-state index contributed by atoms with van der Waals surface area (Å²) in [4.78, 5) is 23.3. The molecule has 4 nitrogen and oxygen atoms in total. The smallest absolute Gasteiger partial charge is 0.305 e. The fourth-order valence-electron chi connectivity index (χ4n) is 3.45. The monoisotopic (exact) mass is 480 g/mol. The minimum atomic E-state index is -0.0523. The van der Waals surface area contributed by atoms with Crippen LogP contribution in [0.4, 0.5) is 0 Å². The average molecular weight is 481 g/mol. The van der Waals surface area contributed by atoms with Crippen molar-refractivity contribution in [3.8, 4) is 0 Å². The van der Waals surface area contributed by atoms with Crippen LogP contribution in [0.2, 0.25) is 0 Å². The van der Waals surface area contributed by atoms with Gasteiger partial charge in [-0.1, -0.05) is 105 Å². The lowest BCUT2D eigenvalue weighted by Gasteiger charge is -2.17. The van der Waals surface area contributed by atoms with Crippen LogP contribution in [-0.4, -0.2) is 25.2 Å². The van der Waals surface area contributed by atoms with Gasteiger partial charge in [-0.3, -0.25) is 9.59 Å². The van der Waals surface area contributed by atoms with Crippen LogP contribution in [-0.2, 0) is 19.1 Å². The Balaban J connectivity index is 3.32. The predicted octanol–water partition coefficient (Wildman–Crippen LogP) is 8.96. The van der Waals surface area contributed by atoms with E-state index in [1.54, 1.807) is 0 Å². The number of rotatable bonds is 20. The third-order valence-corrected chi connectivity index (χ3v) is 5.50. The number of carbonyl (C=O) groups excluding carboxylic acids is 2. The molecule has 0 radical (unpaired) electrons. The molecule has 0 aromatic rings. The van der Waals surface area contributed by atoms with Crippen LogP contribution < -0.4 is 0 Å². The molecule has 0 amide bonds. The van der Waals surface area contributed by atoms with Crippen molar-refractivity contribution in [2.75, 3.05) is 13.2 Å². The van der Waals surface area contributed by atoms with Crippen LogP contribution in [0.25, 0.3) is 0 Å². The van der Waals surface area contributed by atoms with Gasteiger partial charge < -0.3 is 9.47 Å². The molecule has 0 unspecified atom stereocenters. The van der Waals surface area contributed by atoms with Crippen molar-refractivity contribution in [1.82, 2.24) is 0 Å². The molecule has 0 aliphatic rings. The van der Waals surface area contributed by atoms with E-state index >= 15 is 0 Å². The predicted molar refractivity (Wildman–Crippen MR) is 144 cm³/mol. The van der Waals surface area contributed by atoms with Crippen LogP contribution in [0.1, 0.15) is 144 Å². The molecule has 4 heteroatoms. The van der Waals surface area contributed by atoms with E-state index in [0.717, 1.165) is 32.1 Å². The van der Waals surface area contributed by atoms with Gasteiger partial charge in [-0.25, -0.2) is 0 Å². The number of ether oxygens (including phenoxy) is 2. The Morgan fingerprint density at radius 2 is 0.794 bits per heavy atom. The summed E-state index contributed by atoms with van der Waals surface area (Å²) >= 11 is 0. The minimum Gasteiger partial charge on any atom is -0.465 e. The minimum absolute atomic E-state index is 0.0448. The van der Waals surface area contributed by atoms with Crippen molar-refractivity contribution >= 4 is 11.9 Å². The Labute approximate surface area is 211 Å². The van der Waals surface area contributed by atoms with E-state index in [1.807, 2.05) is 0 Å². The lowest BCUT2D eigenvalue weighted by molar-refractivity contribution is -0.147. The van der Waals surface area contributed by atoms with Gasteiger partial charge in [0.1, 0.15) is 0 Å². The van der Waals surface area contributed by atoms with E-state index in [-0.39, 0.29) is 22.8 Å². The Morgan fingerprint density at radius 1 is 0.500 bits per heavy atom. The third-order valence-electron chi connectivity index (χ3n) is 5.50. The van der Waals surface area contributed by atoms with E-state index in [9.17, 15) is 9.59 Å². The van der Waals surface area contributed by atoms with Gasteiger partial charge in [-0.2, -0.15) is 0 Å². The van der Waals surface area contributed by atoms with E-state index in [4.69, 9.17) is 9.47 Å². The maximum absolute atomic E-state index is 11.7. The molecule has 0 aliphatic carbocycles. The first kappa shape index (κ1) is 32.7. The van der Waals surface area contributed by atoms with Crippen molar-refractivity contribution in [3.05, 3.63) is 12.2 Å². The van der Waals surface area contributed by atoms with Crippen molar-refractivity contribution in [1.29, 1.82) is 0 Å². The molecular formula is C30H56O4. The molecule has 0 atom stereocenters. The topological polar surface area (TPSA) is 52.6 Å². The first-order valence-electron chi connectivity index (χ1n) is 14.0. The Hall–Kier alpha value is -1.32. The summed E-state index contributed by atoms with van der Waals surface area (Å²) in [5.41, 5.74) is 0.101. The van der Waals surface area contributed by atoms with E-state index in [1.165, 1.54) is 57.8 Å². The summed E-state index contributed by atoms with van der Waals surface area (Å²) in [7, 11) is 0. The number of carbonyl (C=O) groups is 2. The molecule has 0 aromatic carbocycles. The van der Waals surface area contributed by atoms with E-state index < -0.39 is 0 Å². The molecule has 0 N–H and O–H groups in total. The molecule has 0 heterocycles. The summed E-state index contributed by atoms with van der Waals surface area (Å²) in [5, 5.41) is 0. The Morgan fingerprint density at radius 3 is 1.12 bits per heavy atom. The molecule has 0 aromatic heterocycles. The normalized spacial score (nSPS) is 12.3. The van der Waals surface area contributed by atoms with E-state index in [0.29, 0.717) is 26.1 Å². The maximum Gasteiger partial charge on any atom is 0.305 e. The zero-order chi connectivity index (χ0) is 25.7. The molecule has 0 aliphatic heterocycles. The highest BCUT2D eigenvalue weighted by molar-refractivity contribution is 5.69. The fraction of sp³-hybridized carbons (Fsp3) is 0.867. The van der Waals surface area contributed by atoms with Crippen molar-refractivity contribution in [2.24, 2.45) is 10.8 Å². The zero-order valence-corrected chi connectivity index (χ0v) is 23.5. The SMILES string of the molecule is CC(C)(C)COC(=O)CCCCCC/C=C/CCCCCCCCCCC(=O)OCC(C)(C)C. The molecule has 0 bridgehead atoms. The molecular weight excluding hydrogens is 424 g/mol. The molecule has 34 heavy (non-hydrogen) atoms. The second-order valence-electron chi connectivity index (χ2n) is 12.2. The lowest BCUT2D eigenvalue weighted by Crippen LogP contribution is -2.18. The number of allylic oxidation sites excluding steroid dienone is 2. The number of esters is 2. The van der Waals surface area contributed by atoms with Crippen LogP contribution in [0, 0.1) is 10.8 Å². The standard InChI is InChI=1S/C30H56O4/c1-29(2,3)25-33-27(31)23-21-19-17-15-13-11-9-7-8-10-12-14-16-18-20-22-24-28(32)34-26-30(4,5)6/h9,11H,7-8,10,12-26H2,1-6H3/b11-9+. The van der Waals surface area contributed by atoms with Gasteiger partial charge in [0, 0.05) is 12.8 Å². The van der Waals surface area contributed by atoms with Crippen LogP contribution in [0.15, 0.2) is 12.2 Å². The Kier molecular flexibility index (Phi) is 19.2. The zero-order valence-electron chi connectivity index (χ0n) is 23.5. The largest absolute Gasteiger partial charge is 0.465 e. The lowest BCUT2D eigenvalue weighted by atomic mass is 9.99. The van der Waals surface area contributed by atoms with Gasteiger partial charge in [-0.05, 0) is 49.4 Å². The first-order chi connectivity index (χ1) is 16.0. The molecule has 0 fully saturated rings. The third kappa shape index (κ3) is 26.9. The second-order valence-corrected chi connectivity index (χ2v) is 12.2. The summed E-state index contributed by atoms with van der Waals surface area (Å²) in [5.74, 6) is -0.0971. The molecule has 0 saturated carbocycles. The van der Waals surface area contributed by atoms with Gasteiger partial charge in [0.25, 0.3) is 0 Å². The highest BCUT2D eigenvalue weighted by atomic mass is 16.5. The average Bonchev–Trinajstić information content (AvgIpc) is 2.74. The number of unbranched alkanes of at least 4 members (excludes halogenated alkanes) is 12. The van der Waals surface area contributed by atoms with Gasteiger partial charge in [-0.15, -0.1) is 0 Å². The van der Waals surface area contributed by atoms with Crippen molar-refractivity contribution in [3.63, 3.8) is 0 Å². The van der Waals surface area contributed by atoms with Gasteiger partial charge in [0.05, 0.1) is 13.2 Å². The van der Waals surface area contributed by atoms with Crippen molar-refractivity contribution < 1.29 is 19.1 Å². The van der Waals surface area contributed by atoms with Crippen molar-refractivity contribution in [2.45, 2.75) is 144 Å². The highest BCUT2D eigenvalue weighted by Gasteiger charge is 2.14. The van der Waals surface area contributed by atoms with Gasteiger partial charge >= 0.3 is 11.9 Å². The highest BCUT2D eigenvalue weighted by Crippen LogP contribution is 2.16. The summed E-state index contributed by atoms with van der Waals surface area (Å²) < 4.78 is 10.6. The summed E-state index contributed by atoms with van der Waals surface area (Å²) in [6.07, 6.45) is 22.4. The van der Waals surface area contributed by atoms with Crippen LogP contribution in [0.3, 0.4) is 0 Å². The van der Waals surface area contributed by atoms with Crippen LogP contribution in [0.5, 0.6) is 0 Å². The molecule has 0 saturated heterocycles.